The van der Waals surface area contributed by atoms with E-state index in [9.17, 15) is 13.2 Å². The molecule has 0 spiro atoms. The number of hydrogen-bond donors (Lipinski definition) is 1. The van der Waals surface area contributed by atoms with Crippen LogP contribution in [0.4, 0.5) is 0 Å². The van der Waals surface area contributed by atoms with Gasteiger partial charge in [0, 0.05) is 18.8 Å². The van der Waals surface area contributed by atoms with Gasteiger partial charge in [0.2, 0.25) is 5.91 Å². The fourth-order valence-electron chi connectivity index (χ4n) is 2.07. The predicted molar refractivity (Wildman–Crippen MR) is 88.5 cm³/mol. The maximum atomic E-state index is 11.8. The fourth-order valence-corrected chi connectivity index (χ4v) is 2.70. The number of nitrogens with zero attached hydrogens (tertiary/aromatic N) is 1. The lowest BCUT2D eigenvalue weighted by molar-refractivity contribution is -0.122. The Morgan fingerprint density at radius 3 is 2.36 bits per heavy atom. The van der Waals surface area contributed by atoms with E-state index < -0.39 is 9.84 Å². The average molecular weight is 326 g/mol. The topological polar surface area (TPSA) is 66.5 Å². The van der Waals surface area contributed by atoms with E-state index in [1.165, 1.54) is 6.26 Å². The first-order valence-electron chi connectivity index (χ1n) is 7.52. The molecule has 0 radical (unpaired) electrons. The molecule has 0 saturated carbocycles. The lowest BCUT2D eigenvalue weighted by atomic mass is 10.1. The molecular formula is C16H26N2O3S. The van der Waals surface area contributed by atoms with Crippen molar-refractivity contribution in [2.24, 2.45) is 0 Å². The number of carbonyl (C=O) groups excluding carboxylic acids is 1. The van der Waals surface area contributed by atoms with E-state index in [0.717, 1.165) is 18.4 Å². The lowest BCUT2D eigenvalue weighted by Gasteiger charge is -2.24. The Labute approximate surface area is 133 Å². The van der Waals surface area contributed by atoms with Crippen molar-refractivity contribution in [3.05, 3.63) is 29.8 Å². The number of unbranched alkanes of at least 4 members (excludes halogenated alkanes) is 1. The van der Waals surface area contributed by atoms with Gasteiger partial charge >= 0.3 is 0 Å². The molecule has 1 rings (SSSR count). The summed E-state index contributed by atoms with van der Waals surface area (Å²) in [5.74, 6) is 0.00977. The molecule has 0 aliphatic carbocycles. The van der Waals surface area contributed by atoms with Crippen molar-refractivity contribution in [1.82, 2.24) is 10.2 Å². The summed E-state index contributed by atoms with van der Waals surface area (Å²) in [6, 6.07) is 6.84. The van der Waals surface area contributed by atoms with Crippen LogP contribution in [-0.2, 0) is 14.6 Å². The van der Waals surface area contributed by atoms with Gasteiger partial charge in [-0.2, -0.15) is 0 Å². The number of hydrogen-bond acceptors (Lipinski definition) is 4. The molecule has 0 aliphatic heterocycles. The van der Waals surface area contributed by atoms with Crippen LogP contribution >= 0.6 is 0 Å². The van der Waals surface area contributed by atoms with Crippen LogP contribution in [0.1, 0.15) is 38.3 Å². The smallest absolute Gasteiger partial charge is 0.234 e. The van der Waals surface area contributed by atoms with E-state index in [1.807, 2.05) is 18.9 Å². The Hall–Kier alpha value is -1.40. The largest absolute Gasteiger partial charge is 0.355 e. The van der Waals surface area contributed by atoms with Crippen LogP contribution in [-0.4, -0.2) is 45.6 Å². The van der Waals surface area contributed by atoms with Gasteiger partial charge in [0.15, 0.2) is 9.84 Å². The SMILES string of the molecule is CCCCNC(=O)CN(C)C(C)c1ccc(S(C)(=O)=O)cc1. The summed E-state index contributed by atoms with van der Waals surface area (Å²) in [5, 5.41) is 2.89. The molecule has 1 amide bonds. The van der Waals surface area contributed by atoms with Gasteiger partial charge in [0.05, 0.1) is 11.4 Å². The van der Waals surface area contributed by atoms with Gasteiger partial charge in [-0.3, -0.25) is 9.69 Å². The normalized spacial score (nSPS) is 13.1. The molecule has 1 aromatic carbocycles. The maximum absolute atomic E-state index is 11.8. The number of sulfone groups is 1. The molecule has 0 heterocycles. The highest BCUT2D eigenvalue weighted by atomic mass is 32.2. The molecule has 1 unspecified atom stereocenters. The highest BCUT2D eigenvalue weighted by Crippen LogP contribution is 2.20. The van der Waals surface area contributed by atoms with Gasteiger partial charge in [-0.15, -0.1) is 0 Å². The Morgan fingerprint density at radius 2 is 1.86 bits per heavy atom. The zero-order valence-electron chi connectivity index (χ0n) is 13.8. The number of benzene rings is 1. The van der Waals surface area contributed by atoms with E-state index >= 15 is 0 Å². The number of amides is 1. The molecule has 5 nitrogen and oxygen atoms in total. The van der Waals surface area contributed by atoms with E-state index in [1.54, 1.807) is 24.3 Å². The molecule has 0 aliphatic rings. The standard InChI is InChI=1S/C16H26N2O3S/c1-5-6-11-17-16(19)12-18(3)13(2)14-7-9-15(10-8-14)22(4,20)21/h7-10,13H,5-6,11-12H2,1-4H3,(H,17,19). The van der Waals surface area contributed by atoms with Crippen LogP contribution < -0.4 is 5.32 Å². The molecule has 0 aromatic heterocycles. The van der Waals surface area contributed by atoms with Crippen molar-refractivity contribution in [3.63, 3.8) is 0 Å². The molecule has 0 saturated heterocycles. The first-order valence-corrected chi connectivity index (χ1v) is 9.41. The second-order valence-corrected chi connectivity index (χ2v) is 7.65. The van der Waals surface area contributed by atoms with Gasteiger partial charge < -0.3 is 5.32 Å². The highest BCUT2D eigenvalue weighted by molar-refractivity contribution is 7.90. The molecule has 6 heteroatoms. The summed E-state index contributed by atoms with van der Waals surface area (Å²) in [5.41, 5.74) is 0.983. The third-order valence-corrected chi connectivity index (χ3v) is 4.83. The molecule has 1 aromatic rings. The first kappa shape index (κ1) is 18.6. The Balaban J connectivity index is 2.63. The van der Waals surface area contributed by atoms with Crippen molar-refractivity contribution < 1.29 is 13.2 Å². The second-order valence-electron chi connectivity index (χ2n) is 5.64. The molecular weight excluding hydrogens is 300 g/mol. The monoisotopic (exact) mass is 326 g/mol. The van der Waals surface area contributed by atoms with Crippen molar-refractivity contribution in [2.75, 3.05) is 26.4 Å². The van der Waals surface area contributed by atoms with Gasteiger partial charge in [0.25, 0.3) is 0 Å². The average Bonchev–Trinajstić information content (AvgIpc) is 2.46. The number of rotatable bonds is 8. The summed E-state index contributed by atoms with van der Waals surface area (Å²) in [6.07, 6.45) is 3.23. The zero-order chi connectivity index (χ0) is 16.8. The van der Waals surface area contributed by atoms with E-state index in [2.05, 4.69) is 12.2 Å². The van der Waals surface area contributed by atoms with Crippen LogP contribution in [0.25, 0.3) is 0 Å². The first-order chi connectivity index (χ1) is 10.3. The minimum absolute atomic E-state index is 0.00977. The van der Waals surface area contributed by atoms with E-state index in [4.69, 9.17) is 0 Å². The predicted octanol–water partition coefficient (Wildman–Crippen LogP) is 2.00. The van der Waals surface area contributed by atoms with Crippen LogP contribution in [0, 0.1) is 0 Å². The zero-order valence-corrected chi connectivity index (χ0v) is 14.6. The Bertz CT molecular complexity index is 582. The van der Waals surface area contributed by atoms with Crippen LogP contribution in [0.15, 0.2) is 29.2 Å². The summed E-state index contributed by atoms with van der Waals surface area (Å²) in [6.45, 7) is 5.11. The molecule has 22 heavy (non-hydrogen) atoms. The minimum Gasteiger partial charge on any atom is -0.355 e. The summed E-state index contributed by atoms with van der Waals surface area (Å²) in [4.78, 5) is 14.1. The Kier molecular flexibility index (Phi) is 7.03. The van der Waals surface area contributed by atoms with Crippen molar-refractivity contribution in [2.45, 2.75) is 37.6 Å². The molecule has 0 bridgehead atoms. The highest BCUT2D eigenvalue weighted by Gasteiger charge is 2.15. The third-order valence-electron chi connectivity index (χ3n) is 3.70. The van der Waals surface area contributed by atoms with Gasteiger partial charge in [-0.25, -0.2) is 8.42 Å². The van der Waals surface area contributed by atoms with Gasteiger partial charge in [-0.1, -0.05) is 25.5 Å². The molecule has 0 fully saturated rings. The Morgan fingerprint density at radius 1 is 1.27 bits per heavy atom. The number of carbonyl (C=O) groups is 1. The van der Waals surface area contributed by atoms with Crippen LogP contribution in [0.2, 0.25) is 0 Å². The van der Waals surface area contributed by atoms with E-state index in [0.29, 0.717) is 18.0 Å². The van der Waals surface area contributed by atoms with Gasteiger partial charge in [0.1, 0.15) is 0 Å². The molecule has 124 valence electrons. The lowest BCUT2D eigenvalue weighted by Crippen LogP contribution is -2.36. The van der Waals surface area contributed by atoms with E-state index in [-0.39, 0.29) is 11.9 Å². The summed E-state index contributed by atoms with van der Waals surface area (Å²) < 4.78 is 22.9. The summed E-state index contributed by atoms with van der Waals surface area (Å²) >= 11 is 0. The maximum Gasteiger partial charge on any atom is 0.234 e. The number of nitrogens with one attached hydrogen (secondary N) is 1. The fraction of sp³-hybridized carbons (Fsp3) is 0.562. The number of likely N-dealkylation sites (N-methyl/N-ethyl adjacent to an activating group) is 1. The van der Waals surface area contributed by atoms with Crippen molar-refractivity contribution >= 4 is 15.7 Å². The second kappa shape index (κ2) is 8.29. The summed E-state index contributed by atoms with van der Waals surface area (Å²) in [7, 11) is -1.29. The quantitative estimate of drug-likeness (QED) is 0.742. The minimum atomic E-state index is -3.18. The molecule has 1 atom stereocenters. The van der Waals surface area contributed by atoms with Crippen molar-refractivity contribution in [1.29, 1.82) is 0 Å². The molecule has 1 N–H and O–H groups in total. The van der Waals surface area contributed by atoms with Crippen LogP contribution in [0.3, 0.4) is 0 Å². The van der Waals surface area contributed by atoms with Crippen LogP contribution in [0.5, 0.6) is 0 Å². The van der Waals surface area contributed by atoms with Crippen molar-refractivity contribution in [3.8, 4) is 0 Å². The third kappa shape index (κ3) is 5.77. The van der Waals surface area contributed by atoms with Gasteiger partial charge in [-0.05, 0) is 38.1 Å².